The van der Waals surface area contributed by atoms with Crippen molar-refractivity contribution in [2.24, 2.45) is 0 Å². The fraction of sp³-hybridized carbons (Fsp3) is 0.300. The van der Waals surface area contributed by atoms with Gasteiger partial charge in [-0.05, 0) is 31.6 Å². The number of hydrogen-bond donors (Lipinski definition) is 0. The average molecular weight is 438 g/mol. The zero-order chi connectivity index (χ0) is 23.2. The maximum Gasteiger partial charge on any atom is 0.311 e. The van der Waals surface area contributed by atoms with E-state index in [-0.39, 0.29) is 41.7 Å². The van der Waals surface area contributed by atoms with Crippen LogP contribution in [0.15, 0.2) is 48.6 Å². The second-order valence-electron chi connectivity index (χ2n) is 7.01. The van der Waals surface area contributed by atoms with E-state index in [4.69, 9.17) is 14.2 Å². The summed E-state index contributed by atoms with van der Waals surface area (Å²) in [5, 5.41) is 21.2. The molecule has 1 unspecified atom stereocenters. The highest BCUT2D eigenvalue weighted by Crippen LogP contribution is 2.31. The van der Waals surface area contributed by atoms with Crippen LogP contribution < -0.4 is 9.47 Å². The molecule has 2 aromatic carbocycles. The van der Waals surface area contributed by atoms with E-state index >= 15 is 0 Å². The minimum absolute atomic E-state index is 0.0678. The van der Waals surface area contributed by atoms with Crippen LogP contribution in [0.3, 0.4) is 0 Å². The lowest BCUT2D eigenvalue weighted by Gasteiger charge is -2.08. The maximum absolute atomic E-state index is 12.9. The Morgan fingerprint density at radius 3 is 1.90 bits per heavy atom. The molecule has 0 bridgehead atoms. The lowest BCUT2D eigenvalue weighted by atomic mass is 10.2. The Bertz CT molecular complexity index is 993. The number of rotatable bonds is 8. The van der Waals surface area contributed by atoms with Crippen LogP contribution in [0.1, 0.15) is 13.8 Å². The van der Waals surface area contributed by atoms with Gasteiger partial charge in [0.25, 0.3) is 0 Å². The predicted molar refractivity (Wildman–Crippen MR) is 106 cm³/mol. The highest BCUT2D eigenvalue weighted by atomic mass is 19.1. The molecular weight excluding hydrogens is 418 g/mol. The summed E-state index contributed by atoms with van der Waals surface area (Å²) in [6.45, 7) is 7.97. The van der Waals surface area contributed by atoms with Gasteiger partial charge in [-0.15, -0.1) is 0 Å². The Labute approximate surface area is 176 Å². The van der Waals surface area contributed by atoms with Crippen molar-refractivity contribution in [2.75, 3.05) is 19.8 Å². The van der Waals surface area contributed by atoms with Gasteiger partial charge < -0.3 is 14.2 Å². The first-order valence-corrected chi connectivity index (χ1v) is 8.92. The second-order valence-corrected chi connectivity index (χ2v) is 7.01. The number of nitro groups is 2. The third-order valence-corrected chi connectivity index (χ3v) is 3.88. The molecular formula is C20H20F2N2O7. The molecule has 3 rings (SSSR count). The molecule has 1 heterocycles. The van der Waals surface area contributed by atoms with E-state index < -0.39 is 21.5 Å². The standard InChI is InChI=1S/C10H10FNO4.C10H10FNO3/c1-10(6-16-10)5-15-9-4-7(11)2-3-8(9)12(13)14;1-7(2)6-15-10-5-8(11)3-4-9(10)12(13)14/h2-4H,5-6H2,1H3;3-5H,1,6H2,2H3. The number of nitro benzene ring substituents is 2. The van der Waals surface area contributed by atoms with Crippen molar-refractivity contribution in [1.82, 2.24) is 0 Å². The SMILES string of the molecule is C=C(C)COc1cc(F)ccc1[N+](=O)[O-].CC1(COc2cc(F)ccc2[N+](=O)[O-])CO1. The van der Waals surface area contributed by atoms with Gasteiger partial charge in [-0.25, -0.2) is 8.78 Å². The van der Waals surface area contributed by atoms with E-state index in [1.54, 1.807) is 6.92 Å². The first kappa shape index (κ1) is 23.7. The molecule has 31 heavy (non-hydrogen) atoms. The highest BCUT2D eigenvalue weighted by Gasteiger charge is 2.40. The van der Waals surface area contributed by atoms with Gasteiger partial charge >= 0.3 is 11.4 Å². The van der Waals surface area contributed by atoms with Crippen LogP contribution in [0.2, 0.25) is 0 Å². The minimum Gasteiger partial charge on any atom is -0.484 e. The molecule has 0 aromatic heterocycles. The summed E-state index contributed by atoms with van der Waals surface area (Å²) in [4.78, 5) is 20.0. The largest absolute Gasteiger partial charge is 0.484 e. The van der Waals surface area contributed by atoms with Crippen LogP contribution in [0.4, 0.5) is 20.2 Å². The molecule has 11 heteroatoms. The van der Waals surface area contributed by atoms with Crippen molar-refractivity contribution in [1.29, 1.82) is 0 Å². The molecule has 0 aliphatic carbocycles. The molecule has 2 aromatic rings. The van der Waals surface area contributed by atoms with E-state index in [1.807, 2.05) is 6.92 Å². The van der Waals surface area contributed by atoms with Gasteiger partial charge in [-0.1, -0.05) is 6.58 Å². The van der Waals surface area contributed by atoms with Gasteiger partial charge in [0.15, 0.2) is 11.5 Å². The molecule has 1 aliphatic rings. The van der Waals surface area contributed by atoms with E-state index in [0.717, 1.165) is 36.4 Å². The zero-order valence-corrected chi connectivity index (χ0v) is 16.8. The minimum atomic E-state index is -0.618. The smallest absolute Gasteiger partial charge is 0.311 e. The third-order valence-electron chi connectivity index (χ3n) is 3.88. The van der Waals surface area contributed by atoms with E-state index in [0.29, 0.717) is 12.2 Å². The molecule has 0 spiro atoms. The molecule has 9 nitrogen and oxygen atoms in total. The fourth-order valence-corrected chi connectivity index (χ4v) is 2.15. The molecule has 1 aliphatic heterocycles. The summed E-state index contributed by atoms with van der Waals surface area (Å²) in [5.74, 6) is -1.29. The number of nitrogens with zero attached hydrogens (tertiary/aromatic N) is 2. The Balaban J connectivity index is 0.000000221. The van der Waals surface area contributed by atoms with Crippen LogP contribution >= 0.6 is 0 Å². The molecule has 166 valence electrons. The van der Waals surface area contributed by atoms with Crippen LogP contribution in [-0.2, 0) is 4.74 Å². The van der Waals surface area contributed by atoms with Crippen LogP contribution in [0.25, 0.3) is 0 Å². The predicted octanol–water partition coefficient (Wildman–Crippen LogP) is 4.59. The third kappa shape index (κ3) is 7.30. The highest BCUT2D eigenvalue weighted by molar-refractivity contribution is 5.47. The lowest BCUT2D eigenvalue weighted by molar-refractivity contribution is -0.386. The molecule has 1 atom stereocenters. The number of halogens is 2. The first-order chi connectivity index (χ1) is 14.5. The Morgan fingerprint density at radius 1 is 1.06 bits per heavy atom. The van der Waals surface area contributed by atoms with Gasteiger partial charge in [-0.3, -0.25) is 20.2 Å². The maximum atomic E-state index is 12.9. The Hall–Kier alpha value is -3.60. The Kier molecular flexibility index (Phi) is 7.59. The summed E-state index contributed by atoms with van der Waals surface area (Å²) in [6, 6.07) is 6.20. The number of ether oxygens (including phenoxy) is 3. The van der Waals surface area contributed by atoms with Crippen LogP contribution in [0.5, 0.6) is 11.5 Å². The van der Waals surface area contributed by atoms with Crippen LogP contribution in [-0.4, -0.2) is 35.3 Å². The molecule has 0 amide bonds. The van der Waals surface area contributed by atoms with Crippen molar-refractivity contribution in [2.45, 2.75) is 19.4 Å². The molecule has 1 fully saturated rings. The molecule has 0 N–H and O–H groups in total. The van der Waals surface area contributed by atoms with Gasteiger partial charge in [0.2, 0.25) is 0 Å². The van der Waals surface area contributed by atoms with Crippen molar-refractivity contribution < 1.29 is 32.8 Å². The summed E-state index contributed by atoms with van der Waals surface area (Å²) in [6.07, 6.45) is 0. The van der Waals surface area contributed by atoms with Crippen molar-refractivity contribution in [3.8, 4) is 11.5 Å². The van der Waals surface area contributed by atoms with Gasteiger partial charge in [0.05, 0.1) is 16.5 Å². The topological polar surface area (TPSA) is 117 Å². The fourth-order valence-electron chi connectivity index (χ4n) is 2.15. The normalized spacial score (nSPS) is 16.5. The summed E-state index contributed by atoms with van der Waals surface area (Å²) in [7, 11) is 0. The average Bonchev–Trinajstić information content (AvgIpc) is 3.42. The van der Waals surface area contributed by atoms with Gasteiger partial charge in [0, 0.05) is 24.3 Å². The summed E-state index contributed by atoms with van der Waals surface area (Å²) < 4.78 is 41.0. The van der Waals surface area contributed by atoms with Gasteiger partial charge in [-0.2, -0.15) is 0 Å². The summed E-state index contributed by atoms with van der Waals surface area (Å²) >= 11 is 0. The quantitative estimate of drug-likeness (QED) is 0.256. The monoisotopic (exact) mass is 438 g/mol. The number of epoxide rings is 1. The van der Waals surface area contributed by atoms with E-state index in [9.17, 15) is 29.0 Å². The zero-order valence-electron chi connectivity index (χ0n) is 16.8. The van der Waals surface area contributed by atoms with Crippen molar-refractivity contribution in [3.63, 3.8) is 0 Å². The lowest BCUT2D eigenvalue weighted by Crippen LogP contribution is -2.17. The van der Waals surface area contributed by atoms with Crippen LogP contribution in [0, 0.1) is 31.9 Å². The van der Waals surface area contributed by atoms with Crippen molar-refractivity contribution >= 4 is 11.4 Å². The van der Waals surface area contributed by atoms with Gasteiger partial charge in [0.1, 0.15) is 30.4 Å². The molecule has 0 radical (unpaired) electrons. The molecule has 0 saturated carbocycles. The number of benzene rings is 2. The first-order valence-electron chi connectivity index (χ1n) is 8.92. The van der Waals surface area contributed by atoms with Crippen molar-refractivity contribution in [3.05, 3.63) is 80.4 Å². The van der Waals surface area contributed by atoms with E-state index in [1.165, 1.54) is 0 Å². The number of hydrogen-bond acceptors (Lipinski definition) is 7. The summed E-state index contributed by atoms with van der Waals surface area (Å²) in [5.41, 5.74) is -0.183. The Morgan fingerprint density at radius 2 is 1.52 bits per heavy atom. The van der Waals surface area contributed by atoms with E-state index in [2.05, 4.69) is 6.58 Å². The second kappa shape index (κ2) is 9.94. The molecule has 1 saturated heterocycles.